The fraction of sp³-hybridized carbons (Fsp3) is 0.333. The van der Waals surface area contributed by atoms with Gasteiger partial charge in [-0.25, -0.2) is 26.3 Å². The molecule has 0 amide bonds. The van der Waals surface area contributed by atoms with Crippen LogP contribution in [0.1, 0.15) is 30.5 Å². The summed E-state index contributed by atoms with van der Waals surface area (Å²) in [7, 11) is -7.01. The van der Waals surface area contributed by atoms with Gasteiger partial charge in [-0.1, -0.05) is 54.6 Å². The number of hydrogen-bond donors (Lipinski definition) is 2. The van der Waals surface area contributed by atoms with E-state index in [2.05, 4.69) is 9.44 Å². The Balaban J connectivity index is 2.08. The van der Waals surface area contributed by atoms with Crippen LogP contribution < -0.4 is 9.44 Å². The lowest BCUT2D eigenvalue weighted by atomic mass is 10.1. The third kappa shape index (κ3) is 6.87. The first-order chi connectivity index (χ1) is 12.2. The SMILES string of the molecule is CC(C)NS(=O)(=O)Cc1ccccc1CNS(=O)(=O)Cc1ccccc1. The molecular formula is C18H24N2O4S2. The van der Waals surface area contributed by atoms with E-state index in [9.17, 15) is 16.8 Å². The van der Waals surface area contributed by atoms with Crippen LogP contribution in [-0.4, -0.2) is 22.9 Å². The van der Waals surface area contributed by atoms with Gasteiger partial charge in [-0.05, 0) is 30.5 Å². The van der Waals surface area contributed by atoms with Gasteiger partial charge in [0.25, 0.3) is 0 Å². The number of hydrogen-bond acceptors (Lipinski definition) is 4. The Morgan fingerprint density at radius 3 is 1.96 bits per heavy atom. The Hall–Kier alpha value is -1.74. The van der Waals surface area contributed by atoms with E-state index in [0.717, 1.165) is 0 Å². The van der Waals surface area contributed by atoms with Crippen molar-refractivity contribution in [1.29, 1.82) is 0 Å². The van der Waals surface area contributed by atoms with Crippen molar-refractivity contribution in [3.8, 4) is 0 Å². The van der Waals surface area contributed by atoms with Crippen molar-refractivity contribution in [2.45, 2.75) is 37.9 Å². The van der Waals surface area contributed by atoms with Crippen molar-refractivity contribution < 1.29 is 16.8 Å². The third-order valence-electron chi connectivity index (χ3n) is 3.56. The van der Waals surface area contributed by atoms with E-state index >= 15 is 0 Å². The van der Waals surface area contributed by atoms with Crippen molar-refractivity contribution in [1.82, 2.24) is 9.44 Å². The topological polar surface area (TPSA) is 92.3 Å². The molecule has 2 aromatic carbocycles. The first-order valence-electron chi connectivity index (χ1n) is 8.25. The molecule has 0 spiro atoms. The van der Waals surface area contributed by atoms with Gasteiger partial charge in [0.1, 0.15) is 0 Å². The molecular weight excluding hydrogens is 372 g/mol. The van der Waals surface area contributed by atoms with Crippen LogP contribution in [0, 0.1) is 0 Å². The zero-order chi connectivity index (χ0) is 19.2. The van der Waals surface area contributed by atoms with Gasteiger partial charge in [-0.2, -0.15) is 0 Å². The van der Waals surface area contributed by atoms with Crippen molar-refractivity contribution in [2.75, 3.05) is 0 Å². The highest BCUT2D eigenvalue weighted by Crippen LogP contribution is 2.13. The lowest BCUT2D eigenvalue weighted by molar-refractivity contribution is 0.568. The van der Waals surface area contributed by atoms with E-state index in [4.69, 9.17) is 0 Å². The molecule has 0 aliphatic heterocycles. The molecule has 0 saturated carbocycles. The second-order valence-electron chi connectivity index (χ2n) is 6.37. The maximum absolute atomic E-state index is 12.3. The van der Waals surface area contributed by atoms with Crippen LogP contribution in [-0.2, 0) is 38.1 Å². The minimum absolute atomic E-state index is 0.0442. The highest BCUT2D eigenvalue weighted by atomic mass is 32.2. The number of rotatable bonds is 9. The van der Waals surface area contributed by atoms with Crippen molar-refractivity contribution in [3.63, 3.8) is 0 Å². The summed E-state index contributed by atoms with van der Waals surface area (Å²) in [6.07, 6.45) is 0. The Morgan fingerprint density at radius 1 is 0.769 bits per heavy atom. The van der Waals surface area contributed by atoms with E-state index in [-0.39, 0.29) is 24.1 Å². The molecule has 0 atom stereocenters. The molecule has 0 aromatic heterocycles. The van der Waals surface area contributed by atoms with E-state index < -0.39 is 20.0 Å². The van der Waals surface area contributed by atoms with Gasteiger partial charge in [-0.3, -0.25) is 0 Å². The molecule has 0 bridgehead atoms. The van der Waals surface area contributed by atoms with Crippen LogP contribution in [0.3, 0.4) is 0 Å². The Bertz CT molecular complexity index is 925. The molecule has 6 nitrogen and oxygen atoms in total. The molecule has 0 saturated heterocycles. The molecule has 0 heterocycles. The molecule has 0 aliphatic rings. The summed E-state index contributed by atoms with van der Waals surface area (Å²) in [5, 5.41) is 0. The maximum atomic E-state index is 12.3. The van der Waals surface area contributed by atoms with Crippen LogP contribution in [0.15, 0.2) is 54.6 Å². The first-order valence-corrected chi connectivity index (χ1v) is 11.6. The Kier molecular flexibility index (Phi) is 6.94. The lowest BCUT2D eigenvalue weighted by Gasteiger charge is -2.13. The highest BCUT2D eigenvalue weighted by Gasteiger charge is 2.17. The Labute approximate surface area is 155 Å². The van der Waals surface area contributed by atoms with Crippen LogP contribution in [0.25, 0.3) is 0 Å². The van der Waals surface area contributed by atoms with Crippen molar-refractivity contribution in [2.24, 2.45) is 0 Å². The van der Waals surface area contributed by atoms with Crippen molar-refractivity contribution in [3.05, 3.63) is 71.3 Å². The zero-order valence-electron chi connectivity index (χ0n) is 14.8. The fourth-order valence-electron chi connectivity index (χ4n) is 2.51. The predicted molar refractivity (Wildman–Crippen MR) is 103 cm³/mol. The molecule has 0 radical (unpaired) electrons. The molecule has 0 aliphatic carbocycles. The number of sulfonamides is 2. The van der Waals surface area contributed by atoms with E-state index in [0.29, 0.717) is 16.7 Å². The van der Waals surface area contributed by atoms with Gasteiger partial charge in [-0.15, -0.1) is 0 Å². The molecule has 0 fully saturated rings. The lowest BCUT2D eigenvalue weighted by Crippen LogP contribution is -2.32. The normalized spacial score (nSPS) is 12.4. The smallest absolute Gasteiger partial charge is 0.212 e. The molecule has 2 N–H and O–H groups in total. The summed E-state index contributed by atoms with van der Waals surface area (Å²) in [6, 6.07) is 15.6. The first kappa shape index (κ1) is 20.6. The average molecular weight is 397 g/mol. The maximum Gasteiger partial charge on any atom is 0.216 e. The molecule has 2 aromatic rings. The van der Waals surface area contributed by atoms with Crippen molar-refractivity contribution >= 4 is 20.0 Å². The largest absolute Gasteiger partial charge is 0.216 e. The van der Waals surface area contributed by atoms with Crippen LogP contribution in [0.4, 0.5) is 0 Å². The van der Waals surface area contributed by atoms with Gasteiger partial charge in [0.05, 0.1) is 11.5 Å². The predicted octanol–water partition coefficient (Wildman–Crippen LogP) is 2.13. The van der Waals surface area contributed by atoms with Gasteiger partial charge >= 0.3 is 0 Å². The van der Waals surface area contributed by atoms with E-state index in [1.807, 2.05) is 6.07 Å². The van der Waals surface area contributed by atoms with Gasteiger partial charge in [0.2, 0.25) is 20.0 Å². The fourth-order valence-corrected chi connectivity index (χ4v) is 5.11. The molecule has 0 unspecified atom stereocenters. The van der Waals surface area contributed by atoms with Crippen LogP contribution in [0.2, 0.25) is 0 Å². The third-order valence-corrected chi connectivity index (χ3v) is 6.38. The van der Waals surface area contributed by atoms with E-state index in [1.165, 1.54) is 0 Å². The summed E-state index contributed by atoms with van der Waals surface area (Å²) in [4.78, 5) is 0. The highest BCUT2D eigenvalue weighted by molar-refractivity contribution is 7.89. The quantitative estimate of drug-likeness (QED) is 0.679. The van der Waals surface area contributed by atoms with Gasteiger partial charge < -0.3 is 0 Å². The Morgan fingerprint density at radius 2 is 1.35 bits per heavy atom. The molecule has 26 heavy (non-hydrogen) atoms. The number of nitrogens with one attached hydrogen (secondary N) is 2. The van der Waals surface area contributed by atoms with Crippen LogP contribution >= 0.6 is 0 Å². The summed E-state index contributed by atoms with van der Waals surface area (Å²) in [5.74, 6) is -0.315. The average Bonchev–Trinajstić information content (AvgIpc) is 2.53. The van der Waals surface area contributed by atoms with Crippen LogP contribution in [0.5, 0.6) is 0 Å². The molecule has 2 rings (SSSR count). The zero-order valence-corrected chi connectivity index (χ0v) is 16.5. The summed E-state index contributed by atoms with van der Waals surface area (Å²) in [6.45, 7) is 3.55. The minimum Gasteiger partial charge on any atom is -0.212 e. The molecule has 8 heteroatoms. The number of benzene rings is 2. The standard InChI is InChI=1S/C18H24N2O4S2/c1-15(2)20-26(23,24)14-18-11-7-6-10-17(18)12-19-25(21,22)13-16-8-4-3-5-9-16/h3-11,15,19-20H,12-14H2,1-2H3. The summed E-state index contributed by atoms with van der Waals surface area (Å²) in [5.41, 5.74) is 1.90. The second-order valence-corrected chi connectivity index (χ2v) is 9.93. The monoisotopic (exact) mass is 396 g/mol. The summed E-state index contributed by atoms with van der Waals surface area (Å²) < 4.78 is 53.9. The van der Waals surface area contributed by atoms with Gasteiger partial charge in [0.15, 0.2) is 0 Å². The molecule has 142 valence electrons. The summed E-state index contributed by atoms with van der Waals surface area (Å²) >= 11 is 0. The van der Waals surface area contributed by atoms with Gasteiger partial charge in [0, 0.05) is 12.6 Å². The second kappa shape index (κ2) is 8.77. The van der Waals surface area contributed by atoms with E-state index in [1.54, 1.807) is 62.4 Å². The minimum atomic E-state index is -3.53.